The van der Waals surface area contributed by atoms with Crippen LogP contribution in [0.5, 0.6) is 0 Å². The van der Waals surface area contributed by atoms with Crippen LogP contribution in [0.2, 0.25) is 0 Å². The molecule has 0 atom stereocenters. The van der Waals surface area contributed by atoms with Crippen LogP contribution in [0, 0.1) is 6.92 Å². The quantitative estimate of drug-likeness (QED) is 0.737. The number of hydrogen-bond donors (Lipinski definition) is 1. The molecular formula is C18H17N3. The minimum absolute atomic E-state index is 0.555. The van der Waals surface area contributed by atoms with E-state index in [2.05, 4.69) is 36.2 Å². The van der Waals surface area contributed by atoms with Gasteiger partial charge in [-0.2, -0.15) is 0 Å². The van der Waals surface area contributed by atoms with Crippen molar-refractivity contribution >= 4 is 16.7 Å². The van der Waals surface area contributed by atoms with Gasteiger partial charge < -0.3 is 5.73 Å². The number of aryl methyl sites for hydroxylation is 3. The Kier molecular flexibility index (Phi) is 2.67. The maximum atomic E-state index is 6.12. The number of nitrogens with zero attached hydrogens (tertiary/aromatic N) is 2. The van der Waals surface area contributed by atoms with Crippen LogP contribution >= 0.6 is 0 Å². The zero-order valence-corrected chi connectivity index (χ0v) is 12.1. The Morgan fingerprint density at radius 2 is 1.86 bits per heavy atom. The van der Waals surface area contributed by atoms with Crippen molar-refractivity contribution in [3.8, 4) is 11.4 Å². The molecule has 1 heterocycles. The number of aromatic nitrogens is 2. The van der Waals surface area contributed by atoms with Gasteiger partial charge in [-0.1, -0.05) is 24.3 Å². The van der Waals surface area contributed by atoms with Crippen LogP contribution in [0.4, 0.5) is 5.82 Å². The van der Waals surface area contributed by atoms with Crippen LogP contribution in [0.1, 0.15) is 23.1 Å². The summed E-state index contributed by atoms with van der Waals surface area (Å²) in [4.78, 5) is 9.25. The Morgan fingerprint density at radius 1 is 1.00 bits per heavy atom. The average molecular weight is 275 g/mol. The van der Waals surface area contributed by atoms with E-state index in [1.54, 1.807) is 0 Å². The lowest BCUT2D eigenvalue weighted by atomic mass is 10.1. The lowest BCUT2D eigenvalue weighted by Gasteiger charge is -2.08. The molecule has 21 heavy (non-hydrogen) atoms. The van der Waals surface area contributed by atoms with Gasteiger partial charge in [0.2, 0.25) is 0 Å². The molecule has 0 saturated heterocycles. The van der Waals surface area contributed by atoms with Gasteiger partial charge in [-0.25, -0.2) is 9.97 Å². The zero-order valence-electron chi connectivity index (χ0n) is 12.1. The maximum absolute atomic E-state index is 6.12. The van der Waals surface area contributed by atoms with Crippen LogP contribution in [0.3, 0.4) is 0 Å². The molecule has 0 saturated carbocycles. The van der Waals surface area contributed by atoms with Crippen molar-refractivity contribution in [2.45, 2.75) is 26.2 Å². The first-order valence-corrected chi connectivity index (χ1v) is 7.37. The minimum Gasteiger partial charge on any atom is -0.383 e. The van der Waals surface area contributed by atoms with Crippen molar-refractivity contribution in [2.75, 3.05) is 5.73 Å². The van der Waals surface area contributed by atoms with Gasteiger partial charge >= 0.3 is 0 Å². The fourth-order valence-electron chi connectivity index (χ4n) is 3.16. The van der Waals surface area contributed by atoms with E-state index in [0.717, 1.165) is 34.3 Å². The fourth-order valence-corrected chi connectivity index (χ4v) is 3.16. The Hall–Kier alpha value is -2.42. The predicted molar refractivity (Wildman–Crippen MR) is 86.1 cm³/mol. The first kappa shape index (κ1) is 12.3. The van der Waals surface area contributed by atoms with Gasteiger partial charge in [-0.15, -0.1) is 0 Å². The van der Waals surface area contributed by atoms with Crippen molar-refractivity contribution in [2.24, 2.45) is 0 Å². The summed E-state index contributed by atoms with van der Waals surface area (Å²) in [7, 11) is 0. The molecule has 0 radical (unpaired) electrons. The molecule has 3 aromatic rings. The molecule has 1 aliphatic rings. The molecule has 4 rings (SSSR count). The molecule has 3 heteroatoms. The number of anilines is 1. The second-order valence-corrected chi connectivity index (χ2v) is 5.74. The molecular weight excluding hydrogens is 258 g/mol. The molecule has 0 unspecified atom stereocenters. The molecule has 2 aromatic carbocycles. The topological polar surface area (TPSA) is 51.8 Å². The van der Waals surface area contributed by atoms with E-state index in [1.165, 1.54) is 24.0 Å². The molecule has 0 fully saturated rings. The third-order valence-corrected chi connectivity index (χ3v) is 4.31. The van der Waals surface area contributed by atoms with Crippen molar-refractivity contribution in [1.82, 2.24) is 9.97 Å². The Morgan fingerprint density at radius 3 is 2.76 bits per heavy atom. The number of benzene rings is 2. The van der Waals surface area contributed by atoms with Gasteiger partial charge in [0.1, 0.15) is 5.82 Å². The summed E-state index contributed by atoms with van der Waals surface area (Å²) in [5, 5.41) is 0.930. The van der Waals surface area contributed by atoms with Crippen LogP contribution < -0.4 is 5.73 Å². The maximum Gasteiger partial charge on any atom is 0.162 e. The Balaban J connectivity index is 1.92. The van der Waals surface area contributed by atoms with Gasteiger partial charge in [0, 0.05) is 10.9 Å². The van der Waals surface area contributed by atoms with Crippen molar-refractivity contribution < 1.29 is 0 Å². The third kappa shape index (κ3) is 1.97. The van der Waals surface area contributed by atoms with Gasteiger partial charge in [0.25, 0.3) is 0 Å². The van der Waals surface area contributed by atoms with Crippen molar-refractivity contribution in [3.63, 3.8) is 0 Å². The molecule has 2 N–H and O–H groups in total. The van der Waals surface area contributed by atoms with Crippen molar-refractivity contribution in [1.29, 1.82) is 0 Å². The highest BCUT2D eigenvalue weighted by atomic mass is 14.9. The van der Waals surface area contributed by atoms with E-state index in [1.807, 2.05) is 12.1 Å². The summed E-state index contributed by atoms with van der Waals surface area (Å²) in [5.74, 6) is 1.28. The minimum atomic E-state index is 0.555. The number of fused-ring (bicyclic) bond motifs is 2. The predicted octanol–water partition coefficient (Wildman–Crippen LogP) is 3.68. The summed E-state index contributed by atoms with van der Waals surface area (Å²) < 4.78 is 0. The molecule has 1 aromatic heterocycles. The monoisotopic (exact) mass is 275 g/mol. The van der Waals surface area contributed by atoms with E-state index < -0.39 is 0 Å². The van der Waals surface area contributed by atoms with Crippen LogP contribution in [-0.4, -0.2) is 9.97 Å². The zero-order chi connectivity index (χ0) is 14.4. The standard InChI is InChI=1S/C18H17N3/c1-11-4-2-7-15-16(11)20-18(21-17(15)19)14-9-8-12-5-3-6-13(12)10-14/h2,4,7-10H,3,5-6H2,1H3,(H2,19,20,21). The highest BCUT2D eigenvalue weighted by Crippen LogP contribution is 2.29. The summed E-state index contributed by atoms with van der Waals surface area (Å²) in [6.07, 6.45) is 3.60. The molecule has 0 amide bonds. The van der Waals surface area contributed by atoms with Gasteiger partial charge in [-0.05, 0) is 55.0 Å². The normalized spacial score (nSPS) is 13.6. The smallest absolute Gasteiger partial charge is 0.162 e. The average Bonchev–Trinajstić information content (AvgIpc) is 2.95. The van der Waals surface area contributed by atoms with Gasteiger partial charge in [0.05, 0.1) is 5.52 Å². The number of hydrogen-bond acceptors (Lipinski definition) is 3. The van der Waals surface area contributed by atoms with E-state index in [0.29, 0.717) is 5.82 Å². The largest absolute Gasteiger partial charge is 0.383 e. The molecule has 1 aliphatic carbocycles. The Labute approximate surface area is 123 Å². The van der Waals surface area contributed by atoms with Crippen LogP contribution in [-0.2, 0) is 12.8 Å². The highest BCUT2D eigenvalue weighted by Gasteiger charge is 2.14. The van der Waals surface area contributed by atoms with Gasteiger partial charge in [0.15, 0.2) is 5.82 Å². The molecule has 3 nitrogen and oxygen atoms in total. The third-order valence-electron chi connectivity index (χ3n) is 4.31. The number of nitrogen functional groups attached to an aromatic ring is 1. The molecule has 0 spiro atoms. The van der Waals surface area contributed by atoms with E-state index >= 15 is 0 Å². The molecule has 104 valence electrons. The Bertz CT molecular complexity index is 852. The van der Waals surface area contributed by atoms with Crippen LogP contribution in [0.15, 0.2) is 36.4 Å². The summed E-state index contributed by atoms with van der Waals surface area (Å²) >= 11 is 0. The summed E-state index contributed by atoms with van der Waals surface area (Å²) in [6.45, 7) is 2.06. The fraction of sp³-hybridized carbons (Fsp3) is 0.222. The number of rotatable bonds is 1. The van der Waals surface area contributed by atoms with Crippen LogP contribution in [0.25, 0.3) is 22.3 Å². The first-order valence-electron chi connectivity index (χ1n) is 7.37. The summed E-state index contributed by atoms with van der Waals surface area (Å²) in [6, 6.07) is 12.6. The number of para-hydroxylation sites is 1. The SMILES string of the molecule is Cc1cccc2c(N)nc(-c3ccc4c(c3)CCC4)nc12. The van der Waals surface area contributed by atoms with Crippen molar-refractivity contribution in [3.05, 3.63) is 53.1 Å². The second-order valence-electron chi connectivity index (χ2n) is 5.74. The van der Waals surface area contributed by atoms with E-state index in [9.17, 15) is 0 Å². The number of nitrogens with two attached hydrogens (primary N) is 1. The van der Waals surface area contributed by atoms with Gasteiger partial charge in [-0.3, -0.25) is 0 Å². The first-order chi connectivity index (χ1) is 10.2. The molecule has 0 bridgehead atoms. The lowest BCUT2D eigenvalue weighted by Crippen LogP contribution is -1.99. The second kappa shape index (κ2) is 4.55. The molecule has 0 aliphatic heterocycles. The van der Waals surface area contributed by atoms with E-state index in [-0.39, 0.29) is 0 Å². The lowest BCUT2D eigenvalue weighted by molar-refractivity contribution is 0.912. The van der Waals surface area contributed by atoms with E-state index in [4.69, 9.17) is 10.7 Å². The highest BCUT2D eigenvalue weighted by molar-refractivity contribution is 5.91. The summed E-state index contributed by atoms with van der Waals surface area (Å²) in [5.41, 5.74) is 12.2.